The van der Waals surface area contributed by atoms with Gasteiger partial charge in [-0.3, -0.25) is 10.1 Å². The molecular formula is C11H15NO2. The average Bonchev–Trinajstić information content (AvgIpc) is 2.15. The monoisotopic (exact) mass is 193 g/mol. The molecule has 0 spiro atoms. The van der Waals surface area contributed by atoms with Crippen molar-refractivity contribution >= 4 is 0 Å². The minimum Gasteiger partial charge on any atom is -0.265 e. The summed E-state index contributed by atoms with van der Waals surface area (Å²) in [6.07, 6.45) is 0.519. The molecule has 0 saturated carbocycles. The van der Waals surface area contributed by atoms with E-state index in [1.54, 1.807) is 0 Å². The van der Waals surface area contributed by atoms with Crippen LogP contribution in [0.3, 0.4) is 0 Å². The average molecular weight is 193 g/mol. The molecule has 0 aromatic heterocycles. The number of hydrogen-bond donors (Lipinski definition) is 0. The summed E-state index contributed by atoms with van der Waals surface area (Å²) in [4.78, 5) is 9.87. The summed E-state index contributed by atoms with van der Waals surface area (Å²) in [6.45, 7) is 4.28. The van der Waals surface area contributed by atoms with E-state index in [9.17, 15) is 10.1 Å². The van der Waals surface area contributed by atoms with Crippen LogP contribution < -0.4 is 0 Å². The summed E-state index contributed by atoms with van der Waals surface area (Å²) in [5, 5.41) is 10.2. The van der Waals surface area contributed by atoms with Crippen LogP contribution in [0.5, 0.6) is 0 Å². The van der Waals surface area contributed by atoms with Crippen molar-refractivity contribution in [2.45, 2.75) is 26.2 Å². The van der Waals surface area contributed by atoms with E-state index in [-0.39, 0.29) is 11.5 Å². The van der Waals surface area contributed by atoms with Gasteiger partial charge in [0.05, 0.1) is 0 Å². The molecule has 0 aliphatic rings. The van der Waals surface area contributed by atoms with E-state index in [0.29, 0.717) is 12.3 Å². The van der Waals surface area contributed by atoms with E-state index in [1.165, 1.54) is 5.56 Å². The third kappa shape index (κ3) is 3.17. The lowest BCUT2D eigenvalue weighted by atomic mass is 10.0. The van der Waals surface area contributed by atoms with Gasteiger partial charge in [-0.25, -0.2) is 0 Å². The SMILES string of the molecule is CC(C)c1ccc(CC[N+](=O)[O-])cc1. The van der Waals surface area contributed by atoms with Crippen LogP contribution in [0, 0.1) is 10.1 Å². The lowest BCUT2D eigenvalue weighted by Gasteiger charge is -2.05. The number of benzene rings is 1. The highest BCUT2D eigenvalue weighted by molar-refractivity contribution is 5.24. The summed E-state index contributed by atoms with van der Waals surface area (Å²) in [7, 11) is 0. The molecule has 3 heteroatoms. The van der Waals surface area contributed by atoms with Gasteiger partial charge in [0, 0.05) is 11.3 Å². The van der Waals surface area contributed by atoms with Gasteiger partial charge >= 0.3 is 0 Å². The summed E-state index contributed by atoms with van der Waals surface area (Å²) < 4.78 is 0. The molecule has 0 unspecified atom stereocenters. The Kier molecular flexibility index (Phi) is 3.63. The van der Waals surface area contributed by atoms with Crippen LogP contribution in [0.1, 0.15) is 30.9 Å². The third-order valence-electron chi connectivity index (χ3n) is 2.23. The number of nitrogens with zero attached hydrogens (tertiary/aromatic N) is 1. The Morgan fingerprint density at radius 3 is 2.29 bits per heavy atom. The van der Waals surface area contributed by atoms with E-state index < -0.39 is 0 Å². The molecule has 3 nitrogen and oxygen atoms in total. The second-order valence-corrected chi connectivity index (χ2v) is 3.70. The Balaban J connectivity index is 2.59. The van der Waals surface area contributed by atoms with Gasteiger partial charge in [-0.15, -0.1) is 0 Å². The van der Waals surface area contributed by atoms with E-state index in [0.717, 1.165) is 5.56 Å². The molecule has 0 fully saturated rings. The van der Waals surface area contributed by atoms with Crippen LogP contribution in [0.2, 0.25) is 0 Å². The van der Waals surface area contributed by atoms with Gasteiger partial charge in [-0.1, -0.05) is 38.1 Å². The lowest BCUT2D eigenvalue weighted by molar-refractivity contribution is -0.479. The lowest BCUT2D eigenvalue weighted by Crippen LogP contribution is -2.03. The number of hydrogen-bond acceptors (Lipinski definition) is 2. The Morgan fingerprint density at radius 1 is 1.29 bits per heavy atom. The van der Waals surface area contributed by atoms with E-state index in [4.69, 9.17) is 0 Å². The van der Waals surface area contributed by atoms with Gasteiger partial charge in [0.15, 0.2) is 0 Å². The third-order valence-corrected chi connectivity index (χ3v) is 2.23. The molecule has 0 atom stereocenters. The van der Waals surface area contributed by atoms with Crippen molar-refractivity contribution in [2.24, 2.45) is 0 Å². The predicted octanol–water partition coefficient (Wildman–Crippen LogP) is 2.63. The molecule has 0 saturated heterocycles. The highest BCUT2D eigenvalue weighted by Crippen LogP contribution is 2.14. The Hall–Kier alpha value is -1.38. The first-order valence-corrected chi connectivity index (χ1v) is 4.80. The molecule has 0 heterocycles. The maximum absolute atomic E-state index is 10.2. The molecule has 0 aliphatic heterocycles. The van der Waals surface area contributed by atoms with Gasteiger partial charge < -0.3 is 0 Å². The van der Waals surface area contributed by atoms with Gasteiger partial charge in [0.2, 0.25) is 6.54 Å². The van der Waals surface area contributed by atoms with Crippen molar-refractivity contribution in [1.82, 2.24) is 0 Å². The van der Waals surface area contributed by atoms with Crippen LogP contribution in [-0.2, 0) is 6.42 Å². The second-order valence-electron chi connectivity index (χ2n) is 3.70. The zero-order chi connectivity index (χ0) is 10.6. The highest BCUT2D eigenvalue weighted by atomic mass is 16.6. The minimum absolute atomic E-state index is 0.0149. The minimum atomic E-state index is -0.281. The summed E-state index contributed by atoms with van der Waals surface area (Å²) in [6, 6.07) is 8.03. The topological polar surface area (TPSA) is 43.1 Å². The molecule has 1 aromatic rings. The number of rotatable bonds is 4. The molecule has 1 aromatic carbocycles. The van der Waals surface area contributed by atoms with Crippen LogP contribution in [0.15, 0.2) is 24.3 Å². The molecule has 0 aliphatic carbocycles. The zero-order valence-corrected chi connectivity index (χ0v) is 8.56. The molecule has 0 bridgehead atoms. The summed E-state index contributed by atoms with van der Waals surface area (Å²) in [5.41, 5.74) is 2.31. The quantitative estimate of drug-likeness (QED) is 0.545. The summed E-state index contributed by atoms with van der Waals surface area (Å²) in [5.74, 6) is 0.513. The normalized spacial score (nSPS) is 10.5. The molecule has 0 N–H and O–H groups in total. The maximum Gasteiger partial charge on any atom is 0.207 e. The number of nitro groups is 1. The van der Waals surface area contributed by atoms with Crippen LogP contribution in [0.4, 0.5) is 0 Å². The fourth-order valence-electron chi connectivity index (χ4n) is 1.29. The predicted molar refractivity (Wildman–Crippen MR) is 56.1 cm³/mol. The Labute approximate surface area is 83.9 Å². The largest absolute Gasteiger partial charge is 0.265 e. The maximum atomic E-state index is 10.2. The summed E-state index contributed by atoms with van der Waals surface area (Å²) >= 11 is 0. The first kappa shape index (κ1) is 10.7. The standard InChI is InChI=1S/C11H15NO2/c1-9(2)11-5-3-10(4-6-11)7-8-12(13)14/h3-6,9H,7-8H2,1-2H3. The van der Waals surface area contributed by atoms with Gasteiger partial charge in [-0.2, -0.15) is 0 Å². The molecule has 14 heavy (non-hydrogen) atoms. The smallest absolute Gasteiger partial charge is 0.207 e. The van der Waals surface area contributed by atoms with E-state index in [1.807, 2.05) is 24.3 Å². The molecule has 1 rings (SSSR count). The first-order valence-electron chi connectivity index (χ1n) is 4.80. The van der Waals surface area contributed by atoms with Crippen molar-refractivity contribution in [2.75, 3.05) is 6.54 Å². The van der Waals surface area contributed by atoms with Crippen molar-refractivity contribution in [3.8, 4) is 0 Å². The molecule has 0 amide bonds. The fraction of sp³-hybridized carbons (Fsp3) is 0.455. The van der Waals surface area contributed by atoms with Crippen molar-refractivity contribution < 1.29 is 4.92 Å². The van der Waals surface area contributed by atoms with Crippen LogP contribution in [0.25, 0.3) is 0 Å². The van der Waals surface area contributed by atoms with Crippen LogP contribution >= 0.6 is 0 Å². The molecule has 76 valence electrons. The highest BCUT2D eigenvalue weighted by Gasteiger charge is 2.01. The van der Waals surface area contributed by atoms with Crippen molar-refractivity contribution in [3.63, 3.8) is 0 Å². The van der Waals surface area contributed by atoms with Crippen molar-refractivity contribution in [1.29, 1.82) is 0 Å². The fourth-order valence-corrected chi connectivity index (χ4v) is 1.29. The first-order chi connectivity index (χ1) is 6.59. The van der Waals surface area contributed by atoms with Crippen molar-refractivity contribution in [3.05, 3.63) is 45.5 Å². The van der Waals surface area contributed by atoms with Gasteiger partial charge in [0.1, 0.15) is 0 Å². The molecule has 0 radical (unpaired) electrons. The second kappa shape index (κ2) is 4.74. The van der Waals surface area contributed by atoms with Gasteiger partial charge in [0.25, 0.3) is 0 Å². The zero-order valence-electron chi connectivity index (χ0n) is 8.56. The van der Waals surface area contributed by atoms with Crippen LogP contribution in [-0.4, -0.2) is 11.5 Å². The Morgan fingerprint density at radius 2 is 1.86 bits per heavy atom. The van der Waals surface area contributed by atoms with E-state index in [2.05, 4.69) is 13.8 Å². The molecular weight excluding hydrogens is 178 g/mol. The van der Waals surface area contributed by atoms with Gasteiger partial charge in [-0.05, 0) is 17.0 Å². The van der Waals surface area contributed by atoms with E-state index >= 15 is 0 Å². The Bertz CT molecular complexity index is 304.